The average molecular weight is 230 g/mol. The predicted octanol–water partition coefficient (Wildman–Crippen LogP) is 3.06. The van der Waals surface area contributed by atoms with E-state index < -0.39 is 12.0 Å². The molecule has 0 saturated carbocycles. The lowest BCUT2D eigenvalue weighted by Gasteiger charge is -2.16. The van der Waals surface area contributed by atoms with Crippen molar-refractivity contribution in [3.8, 4) is 0 Å². The van der Waals surface area contributed by atoms with Gasteiger partial charge in [-0.2, -0.15) is 0 Å². The minimum absolute atomic E-state index is 0.0700. The second-order valence-corrected chi connectivity index (χ2v) is 3.93. The molecule has 90 valence electrons. The molecule has 1 aromatic carbocycles. The van der Waals surface area contributed by atoms with Crippen LogP contribution in [0.4, 0.5) is 0 Å². The maximum absolute atomic E-state index is 11.8. The van der Waals surface area contributed by atoms with E-state index in [-0.39, 0.29) is 5.78 Å². The highest BCUT2D eigenvalue weighted by molar-refractivity contribution is 5.92. The summed E-state index contributed by atoms with van der Waals surface area (Å²) in [6.45, 7) is 3.62. The van der Waals surface area contributed by atoms with Crippen LogP contribution in [0.15, 0.2) is 54.6 Å². The van der Waals surface area contributed by atoms with Crippen molar-refractivity contribution in [1.29, 1.82) is 0 Å². The molecule has 0 saturated heterocycles. The third kappa shape index (κ3) is 4.00. The van der Waals surface area contributed by atoms with E-state index in [1.54, 1.807) is 19.1 Å². The van der Waals surface area contributed by atoms with Crippen molar-refractivity contribution in [3.63, 3.8) is 0 Å². The lowest BCUT2D eigenvalue weighted by Crippen LogP contribution is -2.17. The molecule has 0 spiro atoms. The van der Waals surface area contributed by atoms with Gasteiger partial charge in [-0.1, -0.05) is 55.5 Å². The Bertz CT molecular complexity index is 404. The van der Waals surface area contributed by atoms with Crippen LogP contribution in [0.1, 0.15) is 25.5 Å². The molecule has 0 radical (unpaired) electrons. The van der Waals surface area contributed by atoms with E-state index in [0.717, 1.165) is 5.56 Å². The zero-order chi connectivity index (χ0) is 12.7. The standard InChI is InChI=1S/C15H18O2/c1-3-4-6-11-14(16)12(2)15(17)13-9-7-5-8-10-13/h3-12,15,17H,1-2H3/b4-3+,11-6+/t12-,15-/m1/s1. The smallest absolute Gasteiger partial charge is 0.161 e. The van der Waals surface area contributed by atoms with Gasteiger partial charge < -0.3 is 5.11 Å². The monoisotopic (exact) mass is 230 g/mol. The summed E-state index contributed by atoms with van der Waals surface area (Å²) in [4.78, 5) is 11.8. The third-order valence-corrected chi connectivity index (χ3v) is 2.63. The quantitative estimate of drug-likeness (QED) is 0.623. The van der Waals surface area contributed by atoms with Gasteiger partial charge in [0.05, 0.1) is 6.10 Å². The Kier molecular flexibility index (Phi) is 5.37. The summed E-state index contributed by atoms with van der Waals surface area (Å²) in [7, 11) is 0. The number of aliphatic hydroxyl groups excluding tert-OH is 1. The second-order valence-electron chi connectivity index (χ2n) is 3.93. The fourth-order valence-corrected chi connectivity index (χ4v) is 1.51. The lowest BCUT2D eigenvalue weighted by molar-refractivity contribution is -0.121. The van der Waals surface area contributed by atoms with Crippen molar-refractivity contribution in [2.75, 3.05) is 0 Å². The van der Waals surface area contributed by atoms with E-state index in [0.29, 0.717) is 0 Å². The average Bonchev–Trinajstić information content (AvgIpc) is 2.38. The summed E-state index contributed by atoms with van der Waals surface area (Å²) in [6.07, 6.45) is 6.08. The molecule has 0 aromatic heterocycles. The maximum Gasteiger partial charge on any atom is 0.161 e. The van der Waals surface area contributed by atoms with Gasteiger partial charge in [-0.25, -0.2) is 0 Å². The molecule has 2 atom stereocenters. The Morgan fingerprint density at radius 2 is 1.88 bits per heavy atom. The molecule has 0 aliphatic rings. The fourth-order valence-electron chi connectivity index (χ4n) is 1.51. The number of allylic oxidation sites excluding steroid dienone is 4. The molecule has 0 fully saturated rings. The van der Waals surface area contributed by atoms with Gasteiger partial charge in [0.25, 0.3) is 0 Å². The summed E-state index contributed by atoms with van der Waals surface area (Å²) in [5.41, 5.74) is 0.771. The summed E-state index contributed by atoms with van der Waals surface area (Å²) >= 11 is 0. The maximum atomic E-state index is 11.8. The summed E-state index contributed by atoms with van der Waals surface area (Å²) in [5.74, 6) is -0.502. The van der Waals surface area contributed by atoms with E-state index in [2.05, 4.69) is 0 Å². The van der Waals surface area contributed by atoms with Crippen LogP contribution in [0.25, 0.3) is 0 Å². The number of carbonyl (C=O) groups excluding carboxylic acids is 1. The number of carbonyl (C=O) groups is 1. The summed E-state index contributed by atoms with van der Waals surface area (Å²) < 4.78 is 0. The van der Waals surface area contributed by atoms with Crippen LogP contribution >= 0.6 is 0 Å². The molecule has 1 aromatic rings. The van der Waals surface area contributed by atoms with Crippen molar-refractivity contribution in [2.45, 2.75) is 20.0 Å². The molecule has 0 aliphatic heterocycles. The Hall–Kier alpha value is -1.67. The van der Waals surface area contributed by atoms with E-state index in [1.807, 2.05) is 43.3 Å². The zero-order valence-corrected chi connectivity index (χ0v) is 10.2. The summed E-state index contributed by atoms with van der Waals surface area (Å²) in [5, 5.41) is 10.0. The predicted molar refractivity (Wildman–Crippen MR) is 69.5 cm³/mol. The van der Waals surface area contributed by atoms with Crippen molar-refractivity contribution in [3.05, 3.63) is 60.2 Å². The molecular weight excluding hydrogens is 212 g/mol. The number of ketones is 1. The molecule has 17 heavy (non-hydrogen) atoms. The highest BCUT2D eigenvalue weighted by atomic mass is 16.3. The van der Waals surface area contributed by atoms with Crippen molar-refractivity contribution in [2.24, 2.45) is 5.92 Å². The largest absolute Gasteiger partial charge is 0.388 e. The van der Waals surface area contributed by atoms with Gasteiger partial charge in [0, 0.05) is 5.92 Å². The van der Waals surface area contributed by atoms with Crippen molar-refractivity contribution < 1.29 is 9.90 Å². The van der Waals surface area contributed by atoms with Gasteiger partial charge >= 0.3 is 0 Å². The molecular formula is C15H18O2. The Morgan fingerprint density at radius 1 is 1.24 bits per heavy atom. The second kappa shape index (κ2) is 6.81. The van der Waals surface area contributed by atoms with Gasteiger partial charge in [0.1, 0.15) is 0 Å². The number of hydrogen-bond donors (Lipinski definition) is 1. The Labute approximate surface area is 102 Å². The van der Waals surface area contributed by atoms with Crippen molar-refractivity contribution in [1.82, 2.24) is 0 Å². The molecule has 1 rings (SSSR count). The summed E-state index contributed by atoms with van der Waals surface area (Å²) in [6, 6.07) is 9.24. The van der Waals surface area contributed by atoms with E-state index in [4.69, 9.17) is 0 Å². The van der Waals surface area contributed by atoms with Crippen LogP contribution in [0, 0.1) is 5.92 Å². The number of rotatable bonds is 5. The van der Waals surface area contributed by atoms with Crippen LogP contribution < -0.4 is 0 Å². The van der Waals surface area contributed by atoms with Crippen molar-refractivity contribution >= 4 is 5.78 Å². The van der Waals surface area contributed by atoms with E-state index >= 15 is 0 Å². The molecule has 0 amide bonds. The molecule has 2 heteroatoms. The van der Waals surface area contributed by atoms with Gasteiger partial charge in [-0.15, -0.1) is 0 Å². The molecule has 1 N–H and O–H groups in total. The third-order valence-electron chi connectivity index (χ3n) is 2.63. The SMILES string of the molecule is C/C=C/C=C/C(=O)[C@@H](C)[C@@H](O)c1ccccc1. The first-order chi connectivity index (χ1) is 8.16. The lowest BCUT2D eigenvalue weighted by atomic mass is 9.93. The Balaban J connectivity index is 2.70. The first-order valence-electron chi connectivity index (χ1n) is 5.73. The fraction of sp³-hybridized carbons (Fsp3) is 0.267. The van der Waals surface area contributed by atoms with Crippen LogP contribution in [0.2, 0.25) is 0 Å². The minimum Gasteiger partial charge on any atom is -0.388 e. The molecule has 0 unspecified atom stereocenters. The van der Waals surface area contributed by atoms with E-state index in [9.17, 15) is 9.90 Å². The van der Waals surface area contributed by atoms with Gasteiger partial charge in [0.15, 0.2) is 5.78 Å². The highest BCUT2D eigenvalue weighted by Gasteiger charge is 2.21. The van der Waals surface area contributed by atoms with Gasteiger partial charge in [-0.05, 0) is 18.6 Å². The first-order valence-corrected chi connectivity index (χ1v) is 5.73. The molecule has 2 nitrogen and oxygen atoms in total. The van der Waals surface area contributed by atoms with Crippen LogP contribution in [0.5, 0.6) is 0 Å². The molecule has 0 aliphatic carbocycles. The number of aliphatic hydroxyl groups is 1. The van der Waals surface area contributed by atoms with Crippen LogP contribution in [0.3, 0.4) is 0 Å². The van der Waals surface area contributed by atoms with Gasteiger partial charge in [-0.3, -0.25) is 4.79 Å². The molecule has 0 bridgehead atoms. The first kappa shape index (κ1) is 13.4. The topological polar surface area (TPSA) is 37.3 Å². The van der Waals surface area contributed by atoms with Crippen LogP contribution in [-0.2, 0) is 4.79 Å². The number of hydrogen-bond acceptors (Lipinski definition) is 2. The highest BCUT2D eigenvalue weighted by Crippen LogP contribution is 2.22. The Morgan fingerprint density at radius 3 is 2.47 bits per heavy atom. The normalized spacial score (nSPS) is 15.2. The van der Waals surface area contributed by atoms with Crippen LogP contribution in [-0.4, -0.2) is 10.9 Å². The minimum atomic E-state index is -0.751. The number of benzene rings is 1. The van der Waals surface area contributed by atoms with E-state index in [1.165, 1.54) is 6.08 Å². The van der Waals surface area contributed by atoms with Gasteiger partial charge in [0.2, 0.25) is 0 Å². The molecule has 0 heterocycles. The zero-order valence-electron chi connectivity index (χ0n) is 10.2.